The SMILES string of the molecule is N[C@@H](CCP(=O)(O)C(CO)CC(=O)O)C(=O)O. The number of aliphatic hydroxyl groups excluding tert-OH is 1. The molecule has 0 rings (SSSR count). The number of carboxylic acids is 2. The fraction of sp³-hybridized carbons (Fsp3) is 0.750. The number of carbonyl (C=O) groups is 2. The van der Waals surface area contributed by atoms with Gasteiger partial charge in [0.1, 0.15) is 6.04 Å². The fourth-order valence-electron chi connectivity index (χ4n) is 1.17. The van der Waals surface area contributed by atoms with Gasteiger partial charge in [-0.1, -0.05) is 0 Å². The zero-order valence-electron chi connectivity index (χ0n) is 9.02. The summed E-state index contributed by atoms with van der Waals surface area (Å²) in [7, 11) is -3.92. The van der Waals surface area contributed by atoms with E-state index in [4.69, 9.17) is 21.1 Å². The van der Waals surface area contributed by atoms with Crippen LogP contribution in [0.2, 0.25) is 0 Å². The van der Waals surface area contributed by atoms with E-state index >= 15 is 0 Å². The minimum Gasteiger partial charge on any atom is -0.481 e. The zero-order chi connectivity index (χ0) is 13.6. The van der Waals surface area contributed by atoms with Crippen LogP contribution in [0.5, 0.6) is 0 Å². The summed E-state index contributed by atoms with van der Waals surface area (Å²) in [4.78, 5) is 30.3. The predicted octanol–water partition coefficient (Wildman–Crippen LogP) is -1.11. The highest BCUT2D eigenvalue weighted by Crippen LogP contribution is 2.48. The third-order valence-corrected chi connectivity index (χ3v) is 4.66. The van der Waals surface area contributed by atoms with Gasteiger partial charge in [0, 0.05) is 6.16 Å². The summed E-state index contributed by atoms with van der Waals surface area (Å²) < 4.78 is 11.7. The van der Waals surface area contributed by atoms with Crippen molar-refractivity contribution in [1.29, 1.82) is 0 Å². The average molecular weight is 269 g/mol. The van der Waals surface area contributed by atoms with Gasteiger partial charge in [0.15, 0.2) is 0 Å². The highest BCUT2D eigenvalue weighted by Gasteiger charge is 2.33. The molecule has 6 N–H and O–H groups in total. The molecule has 0 heterocycles. The quantitative estimate of drug-likeness (QED) is 0.347. The van der Waals surface area contributed by atoms with Crippen LogP contribution in [0.25, 0.3) is 0 Å². The van der Waals surface area contributed by atoms with E-state index in [1.54, 1.807) is 0 Å². The molecule has 0 saturated heterocycles. The summed E-state index contributed by atoms with van der Waals surface area (Å²) in [5, 5.41) is 25.8. The van der Waals surface area contributed by atoms with E-state index in [-0.39, 0.29) is 6.42 Å². The number of hydrogen-bond donors (Lipinski definition) is 5. The first kappa shape index (κ1) is 16.1. The van der Waals surface area contributed by atoms with Crippen LogP contribution in [0.3, 0.4) is 0 Å². The Labute approximate surface area is 97.5 Å². The molecule has 0 saturated carbocycles. The van der Waals surface area contributed by atoms with Gasteiger partial charge in [-0.25, -0.2) is 0 Å². The van der Waals surface area contributed by atoms with Crippen molar-refractivity contribution in [2.24, 2.45) is 5.73 Å². The van der Waals surface area contributed by atoms with Gasteiger partial charge in [-0.3, -0.25) is 14.2 Å². The van der Waals surface area contributed by atoms with Crippen molar-refractivity contribution >= 4 is 19.3 Å². The van der Waals surface area contributed by atoms with E-state index in [9.17, 15) is 19.0 Å². The summed E-state index contributed by atoms with van der Waals surface area (Å²) in [5.74, 6) is -2.61. The van der Waals surface area contributed by atoms with E-state index in [1.807, 2.05) is 0 Å². The molecule has 0 aromatic heterocycles. The van der Waals surface area contributed by atoms with E-state index < -0.39 is 50.2 Å². The number of aliphatic hydroxyl groups is 1. The van der Waals surface area contributed by atoms with Crippen LogP contribution in [-0.4, -0.2) is 56.6 Å². The normalized spacial score (nSPS) is 18.1. The first-order chi connectivity index (χ1) is 7.70. The van der Waals surface area contributed by atoms with Gasteiger partial charge in [0.05, 0.1) is 18.7 Å². The molecule has 9 heteroatoms. The second-order valence-corrected chi connectivity index (χ2v) is 6.34. The van der Waals surface area contributed by atoms with Crippen LogP contribution in [0.15, 0.2) is 0 Å². The molecule has 0 aliphatic rings. The van der Waals surface area contributed by atoms with Crippen LogP contribution in [0, 0.1) is 0 Å². The Morgan fingerprint density at radius 1 is 1.29 bits per heavy atom. The molecule has 0 aromatic rings. The Balaban J connectivity index is 4.48. The number of rotatable bonds is 8. The summed E-state index contributed by atoms with van der Waals surface area (Å²) in [6.07, 6.45) is -1.33. The topological polar surface area (TPSA) is 158 Å². The van der Waals surface area contributed by atoms with Crippen molar-refractivity contribution in [3.05, 3.63) is 0 Å². The average Bonchev–Trinajstić information content (AvgIpc) is 2.21. The maximum atomic E-state index is 11.7. The van der Waals surface area contributed by atoms with Crippen molar-refractivity contribution in [3.8, 4) is 0 Å². The zero-order valence-corrected chi connectivity index (χ0v) is 9.92. The minimum atomic E-state index is -3.92. The van der Waals surface area contributed by atoms with Crippen molar-refractivity contribution in [2.75, 3.05) is 12.8 Å². The lowest BCUT2D eigenvalue weighted by Gasteiger charge is -2.20. The molecular weight excluding hydrogens is 253 g/mol. The molecule has 2 unspecified atom stereocenters. The summed E-state index contributed by atoms with van der Waals surface area (Å²) in [5.41, 5.74) is 3.87. The van der Waals surface area contributed by atoms with Crippen LogP contribution in [0.4, 0.5) is 0 Å². The largest absolute Gasteiger partial charge is 0.481 e. The van der Waals surface area contributed by atoms with Gasteiger partial charge in [0.25, 0.3) is 0 Å². The van der Waals surface area contributed by atoms with Crippen molar-refractivity contribution in [1.82, 2.24) is 0 Å². The lowest BCUT2D eigenvalue weighted by atomic mass is 10.2. The molecule has 0 amide bonds. The van der Waals surface area contributed by atoms with Gasteiger partial charge in [-0.15, -0.1) is 0 Å². The Kier molecular flexibility index (Phi) is 6.33. The number of carboxylic acid groups (broad SMARTS) is 2. The number of nitrogens with two attached hydrogens (primary N) is 1. The molecule has 0 aliphatic carbocycles. The maximum absolute atomic E-state index is 11.7. The van der Waals surface area contributed by atoms with Crippen molar-refractivity contribution < 1.29 is 34.4 Å². The molecule has 100 valence electrons. The lowest BCUT2D eigenvalue weighted by molar-refractivity contribution is -0.139. The van der Waals surface area contributed by atoms with Crippen LogP contribution >= 0.6 is 7.37 Å². The first-order valence-corrected chi connectivity index (χ1v) is 6.74. The molecule has 0 spiro atoms. The highest BCUT2D eigenvalue weighted by molar-refractivity contribution is 7.58. The molecule has 0 aromatic carbocycles. The van der Waals surface area contributed by atoms with Gasteiger partial charge in [-0.05, 0) is 6.42 Å². The number of hydrogen-bond acceptors (Lipinski definition) is 5. The lowest BCUT2D eigenvalue weighted by Crippen LogP contribution is -2.31. The van der Waals surface area contributed by atoms with Crippen molar-refractivity contribution in [2.45, 2.75) is 24.5 Å². The van der Waals surface area contributed by atoms with Gasteiger partial charge < -0.3 is 25.9 Å². The monoisotopic (exact) mass is 269 g/mol. The predicted molar refractivity (Wildman–Crippen MR) is 58.0 cm³/mol. The van der Waals surface area contributed by atoms with E-state index in [1.165, 1.54) is 0 Å². The Morgan fingerprint density at radius 2 is 1.82 bits per heavy atom. The molecule has 3 atom stereocenters. The Hall–Kier alpha value is -0.950. The summed E-state index contributed by atoms with van der Waals surface area (Å²) >= 11 is 0. The molecule has 0 radical (unpaired) electrons. The van der Waals surface area contributed by atoms with Crippen LogP contribution in [0.1, 0.15) is 12.8 Å². The maximum Gasteiger partial charge on any atom is 0.320 e. The third kappa shape index (κ3) is 5.78. The van der Waals surface area contributed by atoms with Crippen molar-refractivity contribution in [3.63, 3.8) is 0 Å². The molecule has 0 fully saturated rings. The van der Waals surface area contributed by atoms with Crippen LogP contribution < -0.4 is 5.73 Å². The molecule has 0 bridgehead atoms. The van der Waals surface area contributed by atoms with E-state index in [0.717, 1.165) is 0 Å². The molecular formula is C8H16NO7P. The smallest absolute Gasteiger partial charge is 0.320 e. The minimum absolute atomic E-state index is 0.251. The van der Waals surface area contributed by atoms with E-state index in [2.05, 4.69) is 0 Å². The Bertz CT molecular complexity index is 332. The second kappa shape index (κ2) is 6.70. The van der Waals surface area contributed by atoms with Crippen LogP contribution in [-0.2, 0) is 14.2 Å². The van der Waals surface area contributed by atoms with Gasteiger partial charge in [0.2, 0.25) is 7.37 Å². The van der Waals surface area contributed by atoms with Gasteiger partial charge >= 0.3 is 11.9 Å². The van der Waals surface area contributed by atoms with Gasteiger partial charge in [-0.2, -0.15) is 0 Å². The highest BCUT2D eigenvalue weighted by atomic mass is 31.2. The fourth-order valence-corrected chi connectivity index (χ4v) is 2.88. The molecule has 17 heavy (non-hydrogen) atoms. The molecule has 8 nitrogen and oxygen atoms in total. The molecule has 0 aliphatic heterocycles. The first-order valence-electron chi connectivity index (χ1n) is 4.83. The van der Waals surface area contributed by atoms with E-state index in [0.29, 0.717) is 0 Å². The third-order valence-electron chi connectivity index (χ3n) is 2.27. The standard InChI is InChI=1S/C8H16NO7P/c9-6(8(13)14)1-2-17(15,16)5(4-10)3-7(11)12/h5-6,10H,1-4,9H2,(H,11,12)(H,13,14)(H,15,16)/t5?,6-/m0/s1. The summed E-state index contributed by atoms with van der Waals surface area (Å²) in [6.45, 7) is -0.748. The summed E-state index contributed by atoms with van der Waals surface area (Å²) in [6, 6.07) is -1.28. The Morgan fingerprint density at radius 3 is 2.18 bits per heavy atom. The second-order valence-electron chi connectivity index (χ2n) is 3.65. The number of aliphatic carboxylic acids is 2.